The highest BCUT2D eigenvalue weighted by Crippen LogP contribution is 2.19. The van der Waals surface area contributed by atoms with E-state index in [4.69, 9.17) is 10.2 Å². The smallest absolute Gasteiger partial charge is 0.198 e. The average molecular weight is 338 g/mol. The Morgan fingerprint density at radius 1 is 0.933 bits per heavy atom. The fourth-order valence-corrected chi connectivity index (χ4v) is 1.05. The number of rotatable bonds is 1. The number of hydrogen-bond acceptors (Lipinski definition) is 2. The molecule has 0 aliphatic rings. The van der Waals surface area contributed by atoms with Crippen molar-refractivity contribution in [3.63, 3.8) is 0 Å². The van der Waals surface area contributed by atoms with Gasteiger partial charge >= 0.3 is 0 Å². The zero-order valence-electron chi connectivity index (χ0n) is 7.28. The predicted octanol–water partition coefficient (Wildman–Crippen LogP) is 1.82. The molecule has 2 N–H and O–H groups in total. The third-order valence-corrected chi connectivity index (χ3v) is 1.94. The summed E-state index contributed by atoms with van der Waals surface area (Å²) in [6.45, 7) is -0.250. The Bertz CT molecular complexity index is 305. The maximum Gasteiger partial charge on any atom is 0.198 e. The number of halogens is 5. The predicted molar refractivity (Wildman–Crippen MR) is 53.2 cm³/mol. The highest BCUT2D eigenvalue weighted by atomic mass is 127. The van der Waals surface area contributed by atoms with Gasteiger partial charge in [-0.3, -0.25) is 0 Å². The summed E-state index contributed by atoms with van der Waals surface area (Å²) in [6.07, 6.45) is 0. The molecule has 0 fully saturated rings. The molecule has 0 atom stereocenters. The lowest BCUT2D eigenvalue weighted by molar-refractivity contribution is 0.186. The molecule has 0 aliphatic heterocycles. The molecule has 0 aliphatic carbocycles. The van der Waals surface area contributed by atoms with Gasteiger partial charge in [-0.15, -0.1) is 0 Å². The van der Waals surface area contributed by atoms with Crippen LogP contribution in [0.1, 0.15) is 0 Å². The molecule has 15 heavy (non-hydrogen) atoms. The molecule has 1 aromatic carbocycles. The third kappa shape index (κ3) is 4.31. The molecule has 1 rings (SSSR count). The Balaban J connectivity index is 0.000000423. The van der Waals surface area contributed by atoms with Crippen molar-refractivity contribution in [3.05, 3.63) is 32.9 Å². The van der Waals surface area contributed by atoms with Crippen molar-refractivity contribution < 1.29 is 27.8 Å². The monoisotopic (exact) mass is 338 g/mol. The first-order valence-corrected chi connectivity index (χ1v) is 4.73. The minimum atomic E-state index is -1.78. The van der Waals surface area contributed by atoms with E-state index in [-0.39, 0.29) is 16.8 Å². The van der Waals surface area contributed by atoms with Gasteiger partial charge in [0, 0.05) is 0 Å². The maximum absolute atomic E-state index is 12.4. The lowest BCUT2D eigenvalue weighted by Gasteiger charge is -1.97. The molecule has 0 saturated heterocycles. The van der Waals surface area contributed by atoms with Gasteiger partial charge in [0.15, 0.2) is 23.3 Å². The van der Waals surface area contributed by atoms with Crippen LogP contribution in [-0.2, 0) is 0 Å². The van der Waals surface area contributed by atoms with Gasteiger partial charge in [-0.1, -0.05) is 0 Å². The van der Waals surface area contributed by atoms with Crippen LogP contribution in [0.3, 0.4) is 0 Å². The Morgan fingerprint density at radius 2 is 1.40 bits per heavy atom. The fourth-order valence-electron chi connectivity index (χ4n) is 0.544. The van der Waals surface area contributed by atoms with Crippen molar-refractivity contribution >= 4 is 22.6 Å². The minimum absolute atomic E-state index is 0.125. The van der Waals surface area contributed by atoms with Crippen LogP contribution < -0.4 is 0 Å². The summed E-state index contributed by atoms with van der Waals surface area (Å²) in [7, 11) is 0. The van der Waals surface area contributed by atoms with Crippen LogP contribution in [0.4, 0.5) is 17.6 Å². The molecule has 1 aromatic rings. The van der Waals surface area contributed by atoms with E-state index in [1.165, 1.54) is 22.6 Å². The molecular formula is C8H7F4IO2. The molecule has 0 bridgehead atoms. The standard InChI is InChI=1S/C6HF4I.C2H6O2/c7-2-1-3(11)5(9)6(10)4(2)8;3-1-2-4/h1H;3-4H,1-2H2. The molecular weight excluding hydrogens is 331 g/mol. The molecule has 7 heteroatoms. The lowest BCUT2D eigenvalue weighted by Crippen LogP contribution is -1.97. The van der Waals surface area contributed by atoms with Gasteiger partial charge in [-0.25, -0.2) is 17.6 Å². The number of aliphatic hydroxyl groups is 2. The first-order valence-electron chi connectivity index (χ1n) is 3.65. The zero-order valence-corrected chi connectivity index (χ0v) is 9.43. The first-order chi connectivity index (χ1) is 6.95. The van der Waals surface area contributed by atoms with Gasteiger partial charge in [0.2, 0.25) is 0 Å². The van der Waals surface area contributed by atoms with Gasteiger partial charge in [0.25, 0.3) is 0 Å². The SMILES string of the molecule is Fc1cc(I)c(F)c(F)c1F.OCCO. The zero-order chi connectivity index (χ0) is 12.0. The van der Waals surface area contributed by atoms with E-state index < -0.39 is 23.3 Å². The highest BCUT2D eigenvalue weighted by molar-refractivity contribution is 14.1. The van der Waals surface area contributed by atoms with Crippen molar-refractivity contribution in [3.8, 4) is 0 Å². The lowest BCUT2D eigenvalue weighted by atomic mass is 10.3. The second-order valence-corrected chi connectivity index (χ2v) is 3.39. The second-order valence-electron chi connectivity index (χ2n) is 2.23. The van der Waals surface area contributed by atoms with Gasteiger partial charge in [-0.2, -0.15) is 0 Å². The van der Waals surface area contributed by atoms with Crippen LogP contribution in [0, 0.1) is 26.8 Å². The Morgan fingerprint density at radius 3 is 1.80 bits per heavy atom. The summed E-state index contributed by atoms with van der Waals surface area (Å²) in [5.41, 5.74) is 0. The average Bonchev–Trinajstić information content (AvgIpc) is 2.24. The molecule has 0 heterocycles. The highest BCUT2D eigenvalue weighted by Gasteiger charge is 2.16. The van der Waals surface area contributed by atoms with E-state index >= 15 is 0 Å². The van der Waals surface area contributed by atoms with Crippen molar-refractivity contribution in [2.45, 2.75) is 0 Å². The summed E-state index contributed by atoms with van der Waals surface area (Å²) in [4.78, 5) is 0. The fraction of sp³-hybridized carbons (Fsp3) is 0.250. The molecule has 2 nitrogen and oxygen atoms in total. The maximum atomic E-state index is 12.4. The summed E-state index contributed by atoms with van der Waals surface area (Å²) in [6, 6.07) is 0.592. The topological polar surface area (TPSA) is 40.5 Å². The van der Waals surface area contributed by atoms with Crippen LogP contribution in [-0.4, -0.2) is 23.4 Å². The molecule has 0 radical (unpaired) electrons. The van der Waals surface area contributed by atoms with Crippen LogP contribution in [0.15, 0.2) is 6.07 Å². The molecule has 0 saturated carbocycles. The van der Waals surface area contributed by atoms with Crippen LogP contribution in [0.2, 0.25) is 0 Å². The molecule has 0 aromatic heterocycles. The molecule has 0 unspecified atom stereocenters. The number of aliphatic hydroxyl groups excluding tert-OH is 2. The largest absolute Gasteiger partial charge is 0.394 e. The van der Waals surface area contributed by atoms with Crippen LogP contribution >= 0.6 is 22.6 Å². The van der Waals surface area contributed by atoms with Crippen molar-refractivity contribution in [1.29, 1.82) is 0 Å². The van der Waals surface area contributed by atoms with Gasteiger partial charge in [0.1, 0.15) is 0 Å². The Hall–Kier alpha value is -0.410. The van der Waals surface area contributed by atoms with Crippen molar-refractivity contribution in [2.75, 3.05) is 13.2 Å². The summed E-state index contributed by atoms with van der Waals surface area (Å²) in [5.74, 6) is -6.28. The Kier molecular flexibility index (Phi) is 6.77. The first kappa shape index (κ1) is 14.6. The van der Waals surface area contributed by atoms with Gasteiger partial charge < -0.3 is 10.2 Å². The molecule has 0 spiro atoms. The van der Waals surface area contributed by atoms with Gasteiger partial charge in [-0.05, 0) is 28.7 Å². The van der Waals surface area contributed by atoms with Crippen LogP contribution in [0.5, 0.6) is 0 Å². The number of hydrogen-bond donors (Lipinski definition) is 2. The van der Waals surface area contributed by atoms with E-state index in [2.05, 4.69) is 0 Å². The van der Waals surface area contributed by atoms with Crippen molar-refractivity contribution in [2.24, 2.45) is 0 Å². The van der Waals surface area contributed by atoms with Crippen molar-refractivity contribution in [1.82, 2.24) is 0 Å². The summed E-state index contributed by atoms with van der Waals surface area (Å²) < 4.78 is 48.8. The Labute approximate surface area is 96.7 Å². The molecule has 0 amide bonds. The quantitative estimate of drug-likeness (QED) is 0.355. The third-order valence-electron chi connectivity index (χ3n) is 1.16. The normalized spacial score (nSPS) is 9.53. The summed E-state index contributed by atoms with van der Waals surface area (Å²) in [5, 5.41) is 15.2. The van der Waals surface area contributed by atoms with E-state index in [1.54, 1.807) is 0 Å². The van der Waals surface area contributed by atoms with Crippen LogP contribution in [0.25, 0.3) is 0 Å². The van der Waals surface area contributed by atoms with E-state index in [1.807, 2.05) is 0 Å². The van der Waals surface area contributed by atoms with Gasteiger partial charge in [0.05, 0.1) is 16.8 Å². The minimum Gasteiger partial charge on any atom is -0.394 e. The summed E-state index contributed by atoms with van der Waals surface area (Å²) >= 11 is 1.37. The van der Waals surface area contributed by atoms with E-state index in [9.17, 15) is 17.6 Å². The number of benzene rings is 1. The van der Waals surface area contributed by atoms with E-state index in [0.29, 0.717) is 6.07 Å². The van der Waals surface area contributed by atoms with E-state index in [0.717, 1.165) is 0 Å². The second kappa shape index (κ2) is 6.96. The molecule has 86 valence electrons.